The molecular formula is C11H24N2. The molecule has 0 aromatic rings. The van der Waals surface area contributed by atoms with Crippen LogP contribution in [0.3, 0.4) is 0 Å². The maximum Gasteiger partial charge on any atom is 0.00323 e. The third kappa shape index (κ3) is 3.28. The van der Waals surface area contributed by atoms with Gasteiger partial charge in [0.2, 0.25) is 0 Å². The zero-order chi connectivity index (χ0) is 9.73. The molecular weight excluding hydrogens is 160 g/mol. The van der Waals surface area contributed by atoms with E-state index >= 15 is 0 Å². The first-order valence-electron chi connectivity index (χ1n) is 5.54. The van der Waals surface area contributed by atoms with Gasteiger partial charge in [-0.05, 0) is 58.3 Å². The second-order valence-corrected chi connectivity index (χ2v) is 4.69. The highest BCUT2D eigenvalue weighted by Crippen LogP contribution is 2.33. The van der Waals surface area contributed by atoms with Crippen LogP contribution in [0.5, 0.6) is 0 Å². The van der Waals surface area contributed by atoms with Crippen LogP contribution in [-0.2, 0) is 0 Å². The molecule has 0 aromatic carbocycles. The zero-order valence-electron chi connectivity index (χ0n) is 9.40. The fraction of sp³-hybridized carbons (Fsp3) is 1.00. The Morgan fingerprint density at radius 1 is 1.23 bits per heavy atom. The highest BCUT2D eigenvalue weighted by atomic mass is 15.1. The van der Waals surface area contributed by atoms with Crippen LogP contribution in [0.2, 0.25) is 0 Å². The summed E-state index contributed by atoms with van der Waals surface area (Å²) in [5.74, 6) is 0. The van der Waals surface area contributed by atoms with Crippen molar-refractivity contribution in [1.82, 2.24) is 10.2 Å². The lowest BCUT2D eigenvalue weighted by Gasteiger charge is -2.34. The quantitative estimate of drug-likeness (QED) is 0.718. The lowest BCUT2D eigenvalue weighted by molar-refractivity contribution is 0.166. The largest absolute Gasteiger partial charge is 0.317 e. The summed E-state index contributed by atoms with van der Waals surface area (Å²) in [7, 11) is 4.38. The minimum atomic E-state index is 0.590. The lowest BCUT2D eigenvalue weighted by atomic mass is 9.78. The SMILES string of the molecule is CCC1(CN(C)C)CCCNCC1. The molecule has 0 radical (unpaired) electrons. The van der Waals surface area contributed by atoms with Crippen LogP contribution in [0.1, 0.15) is 32.6 Å². The lowest BCUT2D eigenvalue weighted by Crippen LogP contribution is -2.34. The molecule has 78 valence electrons. The Morgan fingerprint density at radius 3 is 2.62 bits per heavy atom. The molecule has 1 fully saturated rings. The third-order valence-electron chi connectivity index (χ3n) is 3.29. The maximum atomic E-state index is 3.49. The highest BCUT2D eigenvalue weighted by molar-refractivity contribution is 4.83. The fourth-order valence-corrected chi connectivity index (χ4v) is 2.49. The second kappa shape index (κ2) is 4.97. The standard InChI is InChI=1S/C11H24N2/c1-4-11(10-13(2)3)6-5-8-12-9-7-11/h12H,4-10H2,1-3H3. The Balaban J connectivity index is 2.53. The Kier molecular flexibility index (Phi) is 4.20. The van der Waals surface area contributed by atoms with Crippen LogP contribution in [0.15, 0.2) is 0 Å². The number of hydrogen-bond acceptors (Lipinski definition) is 2. The summed E-state index contributed by atoms with van der Waals surface area (Å²) in [6.45, 7) is 6.02. The molecule has 0 saturated carbocycles. The van der Waals surface area contributed by atoms with E-state index in [0.29, 0.717) is 5.41 Å². The molecule has 1 rings (SSSR count). The predicted molar refractivity (Wildman–Crippen MR) is 58.0 cm³/mol. The minimum Gasteiger partial charge on any atom is -0.317 e. The van der Waals surface area contributed by atoms with Gasteiger partial charge in [-0.25, -0.2) is 0 Å². The van der Waals surface area contributed by atoms with Gasteiger partial charge in [0.15, 0.2) is 0 Å². The average molecular weight is 184 g/mol. The molecule has 1 unspecified atom stereocenters. The molecule has 1 N–H and O–H groups in total. The number of rotatable bonds is 3. The highest BCUT2D eigenvalue weighted by Gasteiger charge is 2.29. The Hall–Kier alpha value is -0.0800. The van der Waals surface area contributed by atoms with E-state index in [1.807, 2.05) is 0 Å². The summed E-state index contributed by atoms with van der Waals surface area (Å²) in [6, 6.07) is 0. The summed E-state index contributed by atoms with van der Waals surface area (Å²) in [5.41, 5.74) is 0.590. The van der Waals surface area contributed by atoms with Gasteiger partial charge in [0.05, 0.1) is 0 Å². The summed E-state index contributed by atoms with van der Waals surface area (Å²) >= 11 is 0. The number of nitrogens with zero attached hydrogens (tertiary/aromatic N) is 1. The van der Waals surface area contributed by atoms with Crippen LogP contribution in [0.4, 0.5) is 0 Å². The number of nitrogens with one attached hydrogen (secondary N) is 1. The first-order chi connectivity index (χ1) is 6.18. The van der Waals surface area contributed by atoms with Gasteiger partial charge in [0.1, 0.15) is 0 Å². The molecule has 1 atom stereocenters. The summed E-state index contributed by atoms with van der Waals surface area (Å²) in [4.78, 5) is 2.34. The molecule has 2 heteroatoms. The summed E-state index contributed by atoms with van der Waals surface area (Å²) in [6.07, 6.45) is 5.42. The van der Waals surface area contributed by atoms with Gasteiger partial charge in [0, 0.05) is 6.54 Å². The number of hydrogen-bond donors (Lipinski definition) is 1. The van der Waals surface area contributed by atoms with Gasteiger partial charge in [0.25, 0.3) is 0 Å². The van der Waals surface area contributed by atoms with E-state index in [1.165, 1.54) is 45.3 Å². The summed E-state index contributed by atoms with van der Waals surface area (Å²) < 4.78 is 0. The van der Waals surface area contributed by atoms with Crippen LogP contribution in [0, 0.1) is 5.41 Å². The Bertz CT molecular complexity index is 135. The second-order valence-electron chi connectivity index (χ2n) is 4.69. The van der Waals surface area contributed by atoms with Crippen LogP contribution in [0.25, 0.3) is 0 Å². The molecule has 0 amide bonds. The van der Waals surface area contributed by atoms with Crippen molar-refractivity contribution >= 4 is 0 Å². The van der Waals surface area contributed by atoms with E-state index < -0.39 is 0 Å². The maximum absolute atomic E-state index is 3.49. The van der Waals surface area contributed by atoms with Crippen molar-refractivity contribution in [3.63, 3.8) is 0 Å². The molecule has 2 nitrogen and oxygen atoms in total. The van der Waals surface area contributed by atoms with Crippen molar-refractivity contribution in [3.8, 4) is 0 Å². The molecule has 13 heavy (non-hydrogen) atoms. The van der Waals surface area contributed by atoms with Gasteiger partial charge in [-0.15, -0.1) is 0 Å². The summed E-state index contributed by atoms with van der Waals surface area (Å²) in [5, 5.41) is 3.49. The van der Waals surface area contributed by atoms with Gasteiger partial charge in [-0.2, -0.15) is 0 Å². The third-order valence-corrected chi connectivity index (χ3v) is 3.29. The van der Waals surface area contributed by atoms with Crippen molar-refractivity contribution in [2.24, 2.45) is 5.41 Å². The van der Waals surface area contributed by atoms with E-state index in [0.717, 1.165) is 0 Å². The monoisotopic (exact) mass is 184 g/mol. The van der Waals surface area contributed by atoms with Crippen LogP contribution < -0.4 is 5.32 Å². The Labute approximate surface area is 82.7 Å². The topological polar surface area (TPSA) is 15.3 Å². The van der Waals surface area contributed by atoms with Crippen molar-refractivity contribution in [2.75, 3.05) is 33.7 Å². The van der Waals surface area contributed by atoms with Crippen LogP contribution >= 0.6 is 0 Å². The van der Waals surface area contributed by atoms with E-state index in [9.17, 15) is 0 Å². The molecule has 1 aliphatic rings. The molecule has 0 aliphatic carbocycles. The predicted octanol–water partition coefficient (Wildman–Crippen LogP) is 1.72. The van der Waals surface area contributed by atoms with Gasteiger partial charge in [-0.1, -0.05) is 6.92 Å². The first kappa shape index (κ1) is 11.0. The van der Waals surface area contributed by atoms with Gasteiger partial charge in [-0.3, -0.25) is 0 Å². The average Bonchev–Trinajstić information content (AvgIpc) is 2.30. The Morgan fingerprint density at radius 2 is 2.00 bits per heavy atom. The van der Waals surface area contributed by atoms with Crippen molar-refractivity contribution < 1.29 is 0 Å². The van der Waals surface area contributed by atoms with Crippen molar-refractivity contribution in [1.29, 1.82) is 0 Å². The fourth-order valence-electron chi connectivity index (χ4n) is 2.49. The van der Waals surface area contributed by atoms with Crippen LogP contribution in [-0.4, -0.2) is 38.6 Å². The first-order valence-corrected chi connectivity index (χ1v) is 5.54. The minimum absolute atomic E-state index is 0.590. The van der Waals surface area contributed by atoms with E-state index in [2.05, 4.69) is 31.2 Å². The molecule has 0 spiro atoms. The molecule has 1 saturated heterocycles. The normalized spacial score (nSPS) is 30.5. The zero-order valence-corrected chi connectivity index (χ0v) is 9.40. The van der Waals surface area contributed by atoms with Gasteiger partial charge < -0.3 is 10.2 Å². The molecule has 1 heterocycles. The van der Waals surface area contributed by atoms with Gasteiger partial charge >= 0.3 is 0 Å². The molecule has 0 bridgehead atoms. The smallest absolute Gasteiger partial charge is 0.00323 e. The van der Waals surface area contributed by atoms with E-state index in [1.54, 1.807) is 0 Å². The van der Waals surface area contributed by atoms with E-state index in [4.69, 9.17) is 0 Å². The van der Waals surface area contributed by atoms with E-state index in [-0.39, 0.29) is 0 Å². The van der Waals surface area contributed by atoms with Crippen molar-refractivity contribution in [2.45, 2.75) is 32.6 Å². The molecule has 0 aromatic heterocycles. The molecule has 1 aliphatic heterocycles. The van der Waals surface area contributed by atoms with Crippen molar-refractivity contribution in [3.05, 3.63) is 0 Å².